The number of hydrogen-bond donors (Lipinski definition) is 0. The van der Waals surface area contributed by atoms with E-state index in [-0.39, 0.29) is 0 Å². The monoisotopic (exact) mass is 354 g/mol. The smallest absolute Gasteiger partial charge is 0.158 e. The third-order valence-corrected chi connectivity index (χ3v) is 5.77. The zero-order valence-corrected chi connectivity index (χ0v) is 15.4. The van der Waals surface area contributed by atoms with E-state index in [0.717, 1.165) is 43.3 Å². The molecule has 0 aromatic carbocycles. The summed E-state index contributed by atoms with van der Waals surface area (Å²) in [6, 6.07) is 2.08. The Kier molecular flexibility index (Phi) is 4.59. The summed E-state index contributed by atoms with van der Waals surface area (Å²) in [5.41, 5.74) is 5.11. The molecule has 0 unspecified atom stereocenters. The zero-order chi connectivity index (χ0) is 17.2. The van der Waals surface area contributed by atoms with Crippen LogP contribution >= 0.6 is 11.3 Å². The summed E-state index contributed by atoms with van der Waals surface area (Å²) in [4.78, 5) is 21.5. The molecular weight excluding hydrogens is 332 g/mol. The molecule has 1 atom stereocenters. The number of likely N-dealkylation sites (tertiary alicyclic amines) is 1. The molecule has 4 rings (SSSR count). The Labute approximate surface area is 151 Å². The van der Waals surface area contributed by atoms with E-state index in [9.17, 15) is 0 Å². The van der Waals surface area contributed by atoms with Gasteiger partial charge in [0.1, 0.15) is 12.0 Å². The third-order valence-electron chi connectivity index (χ3n) is 4.85. The van der Waals surface area contributed by atoms with Crippen molar-refractivity contribution in [1.29, 1.82) is 0 Å². The van der Waals surface area contributed by atoms with Gasteiger partial charge >= 0.3 is 0 Å². The van der Waals surface area contributed by atoms with E-state index in [1.54, 1.807) is 23.9 Å². The highest BCUT2D eigenvalue weighted by molar-refractivity contribution is 7.09. The molecular formula is C18H22N6S. The minimum Gasteiger partial charge on any atom is -0.333 e. The molecule has 3 aromatic heterocycles. The lowest BCUT2D eigenvalue weighted by atomic mass is 10.0. The van der Waals surface area contributed by atoms with Crippen LogP contribution in [0, 0.1) is 12.8 Å². The minimum atomic E-state index is 0.650. The molecule has 0 spiro atoms. The Bertz CT molecular complexity index is 855. The molecule has 0 radical (unpaired) electrons. The van der Waals surface area contributed by atoms with Crippen LogP contribution in [0.4, 0.5) is 0 Å². The number of rotatable bonds is 5. The van der Waals surface area contributed by atoms with Gasteiger partial charge in [-0.05, 0) is 38.3 Å². The van der Waals surface area contributed by atoms with Gasteiger partial charge in [-0.2, -0.15) is 0 Å². The van der Waals surface area contributed by atoms with Crippen molar-refractivity contribution in [2.75, 3.05) is 13.1 Å². The second-order valence-corrected chi connectivity index (χ2v) is 7.65. The van der Waals surface area contributed by atoms with Gasteiger partial charge in [-0.25, -0.2) is 19.9 Å². The van der Waals surface area contributed by atoms with Gasteiger partial charge < -0.3 is 4.57 Å². The Morgan fingerprint density at radius 1 is 1.24 bits per heavy atom. The maximum atomic E-state index is 4.48. The van der Waals surface area contributed by atoms with Gasteiger partial charge in [-0.1, -0.05) is 0 Å². The molecule has 1 saturated heterocycles. The fourth-order valence-electron chi connectivity index (χ4n) is 3.44. The number of thiazole rings is 1. The second kappa shape index (κ2) is 7.01. The Balaban J connectivity index is 1.40. The largest absolute Gasteiger partial charge is 0.333 e. The van der Waals surface area contributed by atoms with Crippen LogP contribution < -0.4 is 0 Å². The number of hydrogen-bond acceptors (Lipinski definition) is 6. The van der Waals surface area contributed by atoms with E-state index in [0.29, 0.717) is 5.92 Å². The fourth-order valence-corrected chi connectivity index (χ4v) is 4.26. The molecule has 0 saturated carbocycles. The molecule has 6 nitrogen and oxygen atoms in total. The first-order chi connectivity index (χ1) is 12.2. The first-order valence-corrected chi connectivity index (χ1v) is 9.47. The average molecular weight is 354 g/mol. The van der Waals surface area contributed by atoms with E-state index in [1.165, 1.54) is 17.0 Å². The van der Waals surface area contributed by atoms with Gasteiger partial charge in [0, 0.05) is 43.1 Å². The maximum Gasteiger partial charge on any atom is 0.158 e. The maximum absolute atomic E-state index is 4.48. The van der Waals surface area contributed by atoms with Crippen LogP contribution in [0.1, 0.15) is 22.7 Å². The highest BCUT2D eigenvalue weighted by atomic mass is 32.1. The molecule has 0 N–H and O–H groups in total. The van der Waals surface area contributed by atoms with E-state index >= 15 is 0 Å². The molecule has 3 aromatic rings. The lowest BCUT2D eigenvalue weighted by molar-refractivity contribution is 0.318. The first-order valence-electron chi connectivity index (χ1n) is 8.59. The van der Waals surface area contributed by atoms with Crippen molar-refractivity contribution < 1.29 is 0 Å². The van der Waals surface area contributed by atoms with Crippen LogP contribution in [0.15, 0.2) is 30.3 Å². The van der Waals surface area contributed by atoms with Crippen LogP contribution in [-0.4, -0.2) is 42.5 Å². The highest BCUT2D eigenvalue weighted by Gasteiger charge is 2.24. The third kappa shape index (κ3) is 3.62. The van der Waals surface area contributed by atoms with Crippen LogP contribution in [0.3, 0.4) is 0 Å². The van der Waals surface area contributed by atoms with Gasteiger partial charge in [0.05, 0.1) is 11.2 Å². The molecule has 1 fully saturated rings. The summed E-state index contributed by atoms with van der Waals surface area (Å²) in [6.07, 6.45) is 7.62. The van der Waals surface area contributed by atoms with E-state index < -0.39 is 0 Å². The topological polar surface area (TPSA) is 59.7 Å². The minimum absolute atomic E-state index is 0.650. The van der Waals surface area contributed by atoms with Crippen molar-refractivity contribution in [2.45, 2.75) is 26.3 Å². The summed E-state index contributed by atoms with van der Waals surface area (Å²) in [5, 5.41) is 0. The number of aromatic nitrogens is 5. The highest BCUT2D eigenvalue weighted by Crippen LogP contribution is 2.24. The van der Waals surface area contributed by atoms with Crippen molar-refractivity contribution in [1.82, 2.24) is 29.4 Å². The molecule has 0 bridgehead atoms. The number of aryl methyl sites for hydroxylation is 2. The molecule has 4 heterocycles. The quantitative estimate of drug-likeness (QED) is 0.705. The van der Waals surface area contributed by atoms with Gasteiger partial charge in [0.15, 0.2) is 5.82 Å². The summed E-state index contributed by atoms with van der Waals surface area (Å²) >= 11 is 1.76. The fraction of sp³-hybridized carbons (Fsp3) is 0.444. The zero-order valence-electron chi connectivity index (χ0n) is 14.6. The standard InChI is InChI=1S/C18H22N6S/c1-13-17(25-12-22-13)10-24-5-3-14(9-24)7-15-8-16(21-11-20-15)18-19-4-6-23(18)2/h4,6,8,11-12,14H,3,5,7,9-10H2,1-2H3/t14-/m0/s1. The second-order valence-electron chi connectivity index (χ2n) is 6.71. The summed E-state index contributed by atoms with van der Waals surface area (Å²) in [6.45, 7) is 5.40. The predicted octanol–water partition coefficient (Wildman–Crippen LogP) is 2.71. The molecule has 0 aliphatic carbocycles. The van der Waals surface area contributed by atoms with Crippen LogP contribution in [0.2, 0.25) is 0 Å². The first kappa shape index (κ1) is 16.4. The van der Waals surface area contributed by atoms with Crippen molar-refractivity contribution in [3.05, 3.63) is 46.6 Å². The lowest BCUT2D eigenvalue weighted by Crippen LogP contribution is -2.20. The molecule has 1 aliphatic rings. The van der Waals surface area contributed by atoms with Crippen LogP contribution in [0.25, 0.3) is 11.5 Å². The van der Waals surface area contributed by atoms with E-state index in [4.69, 9.17) is 0 Å². The normalized spacial score (nSPS) is 18.1. The Morgan fingerprint density at radius 3 is 2.92 bits per heavy atom. The predicted molar refractivity (Wildman–Crippen MR) is 98.2 cm³/mol. The summed E-state index contributed by atoms with van der Waals surface area (Å²) in [7, 11) is 1.99. The molecule has 130 valence electrons. The Morgan fingerprint density at radius 2 is 2.16 bits per heavy atom. The van der Waals surface area contributed by atoms with Gasteiger partial charge in [-0.15, -0.1) is 11.3 Å². The molecule has 7 heteroatoms. The average Bonchev–Trinajstić information content (AvgIpc) is 3.32. The lowest BCUT2D eigenvalue weighted by Gasteiger charge is -2.15. The number of nitrogens with zero attached hydrogens (tertiary/aromatic N) is 6. The molecule has 1 aliphatic heterocycles. The van der Waals surface area contributed by atoms with Gasteiger partial charge in [-0.3, -0.25) is 4.90 Å². The van der Waals surface area contributed by atoms with Crippen LogP contribution in [-0.2, 0) is 20.0 Å². The van der Waals surface area contributed by atoms with E-state index in [2.05, 4.69) is 37.8 Å². The van der Waals surface area contributed by atoms with Crippen molar-refractivity contribution in [3.8, 4) is 11.5 Å². The molecule has 25 heavy (non-hydrogen) atoms. The molecule has 0 amide bonds. The van der Waals surface area contributed by atoms with E-state index in [1.807, 2.05) is 23.3 Å². The summed E-state index contributed by atoms with van der Waals surface area (Å²) < 4.78 is 1.99. The number of imidazole rings is 1. The van der Waals surface area contributed by atoms with Gasteiger partial charge in [0.25, 0.3) is 0 Å². The van der Waals surface area contributed by atoms with Crippen LogP contribution in [0.5, 0.6) is 0 Å². The Hall–Kier alpha value is -2.12. The van der Waals surface area contributed by atoms with Crippen molar-refractivity contribution >= 4 is 11.3 Å². The van der Waals surface area contributed by atoms with Crippen molar-refractivity contribution in [2.24, 2.45) is 13.0 Å². The SMILES string of the molecule is Cc1ncsc1CN1CC[C@@H](Cc2cc(-c3nccn3C)ncn2)C1. The van der Waals surface area contributed by atoms with Crippen molar-refractivity contribution in [3.63, 3.8) is 0 Å². The summed E-state index contributed by atoms with van der Waals surface area (Å²) in [5.74, 6) is 1.54. The van der Waals surface area contributed by atoms with Gasteiger partial charge in [0.2, 0.25) is 0 Å².